The van der Waals surface area contributed by atoms with Crippen molar-refractivity contribution in [1.29, 1.82) is 0 Å². The lowest BCUT2D eigenvalue weighted by atomic mass is 9.98. The Balaban J connectivity index is 1.40. The molecular formula is C24H19ClN2O2. The second kappa shape index (κ2) is 7.05. The molecule has 144 valence electrons. The molecule has 0 atom stereocenters. The van der Waals surface area contributed by atoms with E-state index in [0.717, 1.165) is 34.9 Å². The largest absolute Gasteiger partial charge is 0.368 e. The molecule has 1 amide bonds. The van der Waals surface area contributed by atoms with E-state index < -0.39 is 0 Å². The number of amides is 1. The molecule has 0 saturated carbocycles. The van der Waals surface area contributed by atoms with Gasteiger partial charge >= 0.3 is 0 Å². The summed E-state index contributed by atoms with van der Waals surface area (Å²) >= 11 is 5.98. The maximum absolute atomic E-state index is 13.3. The van der Waals surface area contributed by atoms with Crippen LogP contribution in [0.5, 0.6) is 0 Å². The number of hydrogen-bond acceptors (Lipinski definition) is 3. The number of carbonyl (C=O) groups excluding carboxylic acids is 2. The summed E-state index contributed by atoms with van der Waals surface area (Å²) in [6.45, 7) is 2.80. The van der Waals surface area contributed by atoms with E-state index >= 15 is 0 Å². The van der Waals surface area contributed by atoms with Crippen molar-refractivity contribution in [1.82, 2.24) is 4.90 Å². The predicted octanol–water partition coefficient (Wildman–Crippen LogP) is 4.51. The van der Waals surface area contributed by atoms with Gasteiger partial charge in [-0.2, -0.15) is 0 Å². The Morgan fingerprint density at radius 2 is 1.41 bits per heavy atom. The minimum Gasteiger partial charge on any atom is -0.368 e. The maximum Gasteiger partial charge on any atom is 0.254 e. The van der Waals surface area contributed by atoms with Gasteiger partial charge < -0.3 is 9.80 Å². The van der Waals surface area contributed by atoms with E-state index in [9.17, 15) is 9.59 Å². The van der Waals surface area contributed by atoms with Crippen LogP contribution in [0.15, 0.2) is 66.7 Å². The average molecular weight is 403 g/mol. The van der Waals surface area contributed by atoms with E-state index in [2.05, 4.69) is 4.90 Å². The fourth-order valence-electron chi connectivity index (χ4n) is 4.24. The van der Waals surface area contributed by atoms with Gasteiger partial charge in [0.2, 0.25) is 0 Å². The topological polar surface area (TPSA) is 40.6 Å². The Kier molecular flexibility index (Phi) is 4.36. The summed E-state index contributed by atoms with van der Waals surface area (Å²) in [6, 6.07) is 20.8. The van der Waals surface area contributed by atoms with Gasteiger partial charge in [0.1, 0.15) is 0 Å². The number of anilines is 1. The van der Waals surface area contributed by atoms with Crippen LogP contribution in [0.3, 0.4) is 0 Å². The molecule has 3 aromatic carbocycles. The van der Waals surface area contributed by atoms with Crippen molar-refractivity contribution in [2.45, 2.75) is 0 Å². The van der Waals surface area contributed by atoms with Crippen LogP contribution in [0.1, 0.15) is 26.3 Å². The van der Waals surface area contributed by atoms with Crippen LogP contribution in [-0.4, -0.2) is 42.8 Å². The third-order valence-electron chi connectivity index (χ3n) is 5.74. The fourth-order valence-corrected chi connectivity index (χ4v) is 4.37. The first-order chi connectivity index (χ1) is 14.1. The lowest BCUT2D eigenvalue weighted by Crippen LogP contribution is -2.48. The standard InChI is InChI=1S/C24H19ClN2O2/c25-16-8-10-17(11-9-16)26-12-14-27(15-13-26)24(29)21-7-3-6-20-22(21)18-4-1-2-5-19(18)23(20)28/h1-11H,12-15H2. The van der Waals surface area contributed by atoms with E-state index in [1.807, 2.05) is 65.6 Å². The van der Waals surface area contributed by atoms with E-state index in [4.69, 9.17) is 11.6 Å². The zero-order chi connectivity index (χ0) is 20.0. The summed E-state index contributed by atoms with van der Waals surface area (Å²) in [4.78, 5) is 30.2. The average Bonchev–Trinajstić information content (AvgIpc) is 3.07. The molecule has 2 aliphatic rings. The molecule has 1 aliphatic heterocycles. The van der Waals surface area contributed by atoms with Gasteiger partial charge in [0.25, 0.3) is 5.91 Å². The van der Waals surface area contributed by atoms with Crippen LogP contribution in [0.2, 0.25) is 5.02 Å². The molecule has 1 heterocycles. The number of carbonyl (C=O) groups is 2. The first kappa shape index (κ1) is 18.0. The lowest BCUT2D eigenvalue weighted by molar-refractivity contribution is 0.0747. The summed E-state index contributed by atoms with van der Waals surface area (Å²) in [5.41, 5.74) is 4.66. The van der Waals surface area contributed by atoms with Crippen molar-refractivity contribution < 1.29 is 9.59 Å². The molecule has 1 fully saturated rings. The first-order valence-electron chi connectivity index (χ1n) is 9.70. The molecule has 0 radical (unpaired) electrons. The smallest absolute Gasteiger partial charge is 0.254 e. The normalized spacial score (nSPS) is 15.3. The van der Waals surface area contributed by atoms with Crippen molar-refractivity contribution in [3.05, 3.63) is 88.4 Å². The minimum atomic E-state index is -0.0119. The Labute approximate surface area is 174 Å². The van der Waals surface area contributed by atoms with E-state index in [1.54, 1.807) is 6.07 Å². The molecule has 5 heteroatoms. The molecule has 3 aromatic rings. The van der Waals surface area contributed by atoms with Crippen LogP contribution in [0.25, 0.3) is 11.1 Å². The predicted molar refractivity (Wildman–Crippen MR) is 115 cm³/mol. The highest BCUT2D eigenvalue weighted by atomic mass is 35.5. The molecule has 0 unspecified atom stereocenters. The number of ketones is 1. The number of nitrogens with zero attached hydrogens (tertiary/aromatic N) is 2. The molecule has 0 aromatic heterocycles. The van der Waals surface area contributed by atoms with Gasteiger partial charge in [0.15, 0.2) is 5.78 Å². The van der Waals surface area contributed by atoms with Crippen LogP contribution in [0.4, 0.5) is 5.69 Å². The molecule has 1 aliphatic carbocycles. The monoisotopic (exact) mass is 402 g/mol. The zero-order valence-corrected chi connectivity index (χ0v) is 16.5. The van der Waals surface area contributed by atoms with Gasteiger partial charge in [-0.1, -0.05) is 48.0 Å². The Bertz CT molecular complexity index is 1120. The van der Waals surface area contributed by atoms with Crippen molar-refractivity contribution in [3.8, 4) is 11.1 Å². The SMILES string of the molecule is O=C1c2ccccc2-c2c1cccc2C(=O)N1CCN(c2ccc(Cl)cc2)CC1. The number of rotatable bonds is 2. The highest BCUT2D eigenvalue weighted by Crippen LogP contribution is 2.39. The van der Waals surface area contributed by atoms with E-state index in [1.165, 1.54) is 0 Å². The highest BCUT2D eigenvalue weighted by Gasteiger charge is 2.32. The van der Waals surface area contributed by atoms with Gasteiger partial charge in [0, 0.05) is 59.1 Å². The number of halogens is 1. The summed E-state index contributed by atoms with van der Waals surface area (Å²) in [5, 5.41) is 0.718. The van der Waals surface area contributed by atoms with Crippen LogP contribution in [-0.2, 0) is 0 Å². The fraction of sp³-hybridized carbons (Fsp3) is 0.167. The third-order valence-corrected chi connectivity index (χ3v) is 5.99. The number of benzene rings is 3. The number of piperazine rings is 1. The van der Waals surface area contributed by atoms with Crippen LogP contribution in [0, 0.1) is 0 Å². The molecule has 4 nitrogen and oxygen atoms in total. The minimum absolute atomic E-state index is 0.00203. The van der Waals surface area contributed by atoms with Gasteiger partial charge in [-0.25, -0.2) is 0 Å². The molecule has 0 spiro atoms. The van der Waals surface area contributed by atoms with Crippen LogP contribution < -0.4 is 4.90 Å². The van der Waals surface area contributed by atoms with Gasteiger partial charge in [0.05, 0.1) is 0 Å². The quantitative estimate of drug-likeness (QED) is 0.495. The van der Waals surface area contributed by atoms with Crippen molar-refractivity contribution in [2.24, 2.45) is 0 Å². The number of fused-ring (bicyclic) bond motifs is 3. The molecule has 5 rings (SSSR count). The molecule has 0 bridgehead atoms. The second-order valence-corrected chi connectivity index (χ2v) is 7.79. The maximum atomic E-state index is 13.3. The number of hydrogen-bond donors (Lipinski definition) is 0. The Morgan fingerprint density at radius 1 is 0.759 bits per heavy atom. The third kappa shape index (κ3) is 3.00. The summed E-state index contributed by atoms with van der Waals surface area (Å²) in [6.07, 6.45) is 0. The Morgan fingerprint density at radius 3 is 2.14 bits per heavy atom. The van der Waals surface area contributed by atoms with Gasteiger partial charge in [-0.05, 0) is 35.9 Å². The molecule has 29 heavy (non-hydrogen) atoms. The zero-order valence-electron chi connectivity index (χ0n) is 15.8. The second-order valence-electron chi connectivity index (χ2n) is 7.36. The Hall–Kier alpha value is -3.11. The molecule has 0 N–H and O–H groups in total. The van der Waals surface area contributed by atoms with Gasteiger partial charge in [-0.15, -0.1) is 0 Å². The van der Waals surface area contributed by atoms with Crippen molar-refractivity contribution >= 4 is 29.0 Å². The molecular weight excluding hydrogens is 384 g/mol. The van der Waals surface area contributed by atoms with Crippen molar-refractivity contribution in [2.75, 3.05) is 31.1 Å². The first-order valence-corrected chi connectivity index (χ1v) is 10.1. The van der Waals surface area contributed by atoms with E-state index in [-0.39, 0.29) is 11.7 Å². The summed E-state index contributed by atoms with van der Waals surface area (Å²) in [7, 11) is 0. The van der Waals surface area contributed by atoms with Gasteiger partial charge in [-0.3, -0.25) is 9.59 Å². The van der Waals surface area contributed by atoms with E-state index in [0.29, 0.717) is 29.8 Å². The van der Waals surface area contributed by atoms with Crippen molar-refractivity contribution in [3.63, 3.8) is 0 Å². The van der Waals surface area contributed by atoms with Crippen LogP contribution >= 0.6 is 11.6 Å². The highest BCUT2D eigenvalue weighted by molar-refractivity contribution is 6.30. The lowest BCUT2D eigenvalue weighted by Gasteiger charge is -2.36. The summed E-state index contributed by atoms with van der Waals surface area (Å²) < 4.78 is 0. The molecule has 1 saturated heterocycles. The summed E-state index contributed by atoms with van der Waals surface area (Å²) in [5.74, 6) is -0.0140.